The number of hydrogen-bond donors (Lipinski definition) is 1. The Morgan fingerprint density at radius 2 is 1.83 bits per heavy atom. The van der Waals surface area contributed by atoms with Gasteiger partial charge >= 0.3 is 6.03 Å². The van der Waals surface area contributed by atoms with Crippen molar-refractivity contribution in [3.8, 4) is 0 Å². The Balaban J connectivity index is 1.62. The van der Waals surface area contributed by atoms with Gasteiger partial charge in [0.25, 0.3) is 0 Å². The first kappa shape index (κ1) is 20.1. The molecule has 1 aliphatic rings. The van der Waals surface area contributed by atoms with Crippen LogP contribution in [0.3, 0.4) is 0 Å². The Bertz CT molecular complexity index is 1070. The van der Waals surface area contributed by atoms with Crippen LogP contribution in [0.1, 0.15) is 51.5 Å². The molecule has 2 amide bonds. The number of anilines is 1. The summed E-state index contributed by atoms with van der Waals surface area (Å²) in [4.78, 5) is 17.7. The highest BCUT2D eigenvalue weighted by molar-refractivity contribution is 5.99. The number of para-hydroxylation sites is 1. The van der Waals surface area contributed by atoms with Crippen LogP contribution in [0.5, 0.6) is 0 Å². The molecular formula is C25H28N4O. The van der Waals surface area contributed by atoms with E-state index in [4.69, 9.17) is 5.10 Å². The van der Waals surface area contributed by atoms with E-state index in [1.54, 1.807) is 11.2 Å². The average Bonchev–Trinajstić information content (AvgIpc) is 3.03. The maximum atomic E-state index is 13.2. The third-order valence-corrected chi connectivity index (χ3v) is 5.77. The molecule has 3 aromatic rings. The Hall–Kier alpha value is -3.21. The Labute approximate surface area is 177 Å². The monoisotopic (exact) mass is 400 g/mol. The summed E-state index contributed by atoms with van der Waals surface area (Å²) in [5, 5.41) is 10.4. The lowest BCUT2D eigenvalue weighted by molar-refractivity contribution is 0.158. The minimum absolute atomic E-state index is 0.0747. The summed E-state index contributed by atoms with van der Waals surface area (Å²) < 4.78 is 0. The second-order valence-electron chi connectivity index (χ2n) is 8.35. The topological polar surface area (TPSA) is 57.6 Å². The fraction of sp³-hybridized carbons (Fsp3) is 0.320. The van der Waals surface area contributed by atoms with Gasteiger partial charge in [0.1, 0.15) is 0 Å². The molecule has 4 rings (SSSR count). The van der Waals surface area contributed by atoms with E-state index in [1.807, 2.05) is 48.5 Å². The van der Waals surface area contributed by atoms with Gasteiger partial charge in [0, 0.05) is 17.0 Å². The van der Waals surface area contributed by atoms with Crippen LogP contribution in [0.2, 0.25) is 0 Å². The van der Waals surface area contributed by atoms with Crippen LogP contribution in [-0.4, -0.2) is 27.3 Å². The van der Waals surface area contributed by atoms with Crippen LogP contribution < -0.4 is 5.32 Å². The van der Waals surface area contributed by atoms with Crippen LogP contribution in [0.15, 0.2) is 72.0 Å². The largest absolute Gasteiger partial charge is 0.342 e. The van der Waals surface area contributed by atoms with Gasteiger partial charge in [-0.2, -0.15) is 5.10 Å². The number of rotatable bonds is 5. The van der Waals surface area contributed by atoms with Crippen LogP contribution in [-0.2, 0) is 0 Å². The van der Waals surface area contributed by atoms with E-state index in [1.165, 1.54) is 5.56 Å². The molecule has 5 heteroatoms. The molecule has 0 saturated heterocycles. The number of pyridine rings is 1. The number of amides is 2. The zero-order valence-corrected chi connectivity index (χ0v) is 17.8. The normalized spacial score (nSPS) is 17.8. The second kappa shape index (κ2) is 8.27. The summed E-state index contributed by atoms with van der Waals surface area (Å²) in [6.45, 7) is 6.35. The third-order valence-electron chi connectivity index (χ3n) is 5.77. The molecule has 0 saturated carbocycles. The Kier molecular flexibility index (Phi) is 5.53. The molecule has 1 unspecified atom stereocenters. The summed E-state index contributed by atoms with van der Waals surface area (Å²) in [5.41, 5.74) is 3.36. The smallest absolute Gasteiger partial charge is 0.305 e. The highest BCUT2D eigenvalue weighted by Gasteiger charge is 2.47. The molecular weight excluding hydrogens is 372 g/mol. The highest BCUT2D eigenvalue weighted by atomic mass is 16.2. The predicted molar refractivity (Wildman–Crippen MR) is 123 cm³/mol. The van der Waals surface area contributed by atoms with Crippen LogP contribution in [0, 0.1) is 0 Å². The van der Waals surface area contributed by atoms with Crippen molar-refractivity contribution in [1.82, 2.24) is 9.99 Å². The van der Waals surface area contributed by atoms with Crippen molar-refractivity contribution in [3.05, 3.63) is 72.4 Å². The first-order chi connectivity index (χ1) is 14.5. The van der Waals surface area contributed by atoms with Gasteiger partial charge in [-0.1, -0.05) is 61.9 Å². The number of urea groups is 1. The number of hydrogen-bond acceptors (Lipinski definition) is 3. The van der Waals surface area contributed by atoms with Gasteiger partial charge in [-0.15, -0.1) is 0 Å². The lowest BCUT2D eigenvalue weighted by atomic mass is 9.78. The van der Waals surface area contributed by atoms with Crippen LogP contribution in [0.4, 0.5) is 10.5 Å². The van der Waals surface area contributed by atoms with E-state index in [-0.39, 0.29) is 11.9 Å². The van der Waals surface area contributed by atoms with Crippen molar-refractivity contribution in [2.45, 2.75) is 51.5 Å². The van der Waals surface area contributed by atoms with Crippen molar-refractivity contribution in [2.24, 2.45) is 5.10 Å². The zero-order chi connectivity index (χ0) is 21.1. The fourth-order valence-electron chi connectivity index (χ4n) is 4.27. The highest BCUT2D eigenvalue weighted by Crippen LogP contribution is 2.41. The summed E-state index contributed by atoms with van der Waals surface area (Å²) >= 11 is 0. The van der Waals surface area contributed by atoms with E-state index in [0.717, 1.165) is 35.9 Å². The average molecular weight is 401 g/mol. The molecule has 0 bridgehead atoms. The van der Waals surface area contributed by atoms with Crippen molar-refractivity contribution < 1.29 is 4.79 Å². The van der Waals surface area contributed by atoms with Gasteiger partial charge < -0.3 is 5.32 Å². The number of nitrogens with zero attached hydrogens (tertiary/aromatic N) is 3. The van der Waals surface area contributed by atoms with Crippen molar-refractivity contribution in [3.63, 3.8) is 0 Å². The standard InChI is InChI=1S/C25H28N4O/c1-4-5-14-22-23(18-11-7-6-8-12-18)25(2,3)29(28-22)24(30)27-20-16-19-13-9-10-15-21(19)26-17-20/h6-13,15-17,23H,4-5,14H2,1-3H3,(H,27,30). The lowest BCUT2D eigenvalue weighted by Crippen LogP contribution is -2.46. The van der Waals surface area contributed by atoms with Gasteiger partial charge in [0.05, 0.1) is 22.9 Å². The zero-order valence-electron chi connectivity index (χ0n) is 17.8. The van der Waals surface area contributed by atoms with Gasteiger partial charge in [-0.3, -0.25) is 4.98 Å². The number of nitrogens with one attached hydrogen (secondary N) is 1. The molecule has 0 aliphatic carbocycles. The number of benzene rings is 2. The van der Waals surface area contributed by atoms with Crippen molar-refractivity contribution in [1.29, 1.82) is 0 Å². The van der Waals surface area contributed by atoms with E-state index >= 15 is 0 Å². The minimum atomic E-state index is -0.473. The predicted octanol–water partition coefficient (Wildman–Crippen LogP) is 6.19. The molecule has 1 atom stereocenters. The minimum Gasteiger partial charge on any atom is -0.305 e. The quantitative estimate of drug-likeness (QED) is 0.555. The molecule has 154 valence electrons. The lowest BCUT2D eigenvalue weighted by Gasteiger charge is -2.34. The number of carbonyl (C=O) groups is 1. The number of fused-ring (bicyclic) bond motifs is 1. The number of aromatic nitrogens is 1. The summed E-state index contributed by atoms with van der Waals surface area (Å²) in [6, 6.07) is 20.0. The van der Waals surface area contributed by atoms with E-state index in [2.05, 4.69) is 43.2 Å². The van der Waals surface area contributed by atoms with E-state index in [9.17, 15) is 4.79 Å². The SMILES string of the molecule is CCCCC1=NN(C(=O)Nc2cnc3ccccc3c2)C(C)(C)C1c1ccccc1. The maximum absolute atomic E-state index is 13.2. The van der Waals surface area contributed by atoms with Gasteiger partial charge in [-0.25, -0.2) is 9.80 Å². The Morgan fingerprint density at radius 1 is 1.10 bits per heavy atom. The molecule has 1 aromatic heterocycles. The molecule has 30 heavy (non-hydrogen) atoms. The third kappa shape index (κ3) is 3.80. The summed E-state index contributed by atoms with van der Waals surface area (Å²) in [6.07, 6.45) is 4.73. The molecule has 0 radical (unpaired) electrons. The first-order valence-corrected chi connectivity index (χ1v) is 10.6. The van der Waals surface area contributed by atoms with Crippen molar-refractivity contribution in [2.75, 3.05) is 5.32 Å². The molecule has 1 aliphatic heterocycles. The molecule has 0 spiro atoms. The number of carbonyl (C=O) groups excluding carboxylic acids is 1. The van der Waals surface area contributed by atoms with Gasteiger partial charge in [0.2, 0.25) is 0 Å². The van der Waals surface area contributed by atoms with Crippen LogP contribution >= 0.6 is 0 Å². The number of hydrazone groups is 1. The second-order valence-corrected chi connectivity index (χ2v) is 8.35. The summed E-state index contributed by atoms with van der Waals surface area (Å²) in [5.74, 6) is 0.0747. The Morgan fingerprint density at radius 3 is 2.60 bits per heavy atom. The van der Waals surface area contributed by atoms with Crippen molar-refractivity contribution >= 4 is 28.3 Å². The van der Waals surface area contributed by atoms with Crippen LogP contribution in [0.25, 0.3) is 10.9 Å². The fourth-order valence-corrected chi connectivity index (χ4v) is 4.27. The maximum Gasteiger partial charge on any atom is 0.342 e. The molecule has 5 nitrogen and oxygen atoms in total. The molecule has 0 fully saturated rings. The number of unbranched alkanes of at least 4 members (excludes halogenated alkanes) is 1. The summed E-state index contributed by atoms with van der Waals surface area (Å²) in [7, 11) is 0. The van der Waals surface area contributed by atoms with E-state index < -0.39 is 5.54 Å². The van der Waals surface area contributed by atoms with Gasteiger partial charge in [0.15, 0.2) is 0 Å². The van der Waals surface area contributed by atoms with Gasteiger partial charge in [-0.05, 0) is 44.4 Å². The first-order valence-electron chi connectivity index (χ1n) is 10.6. The molecule has 1 N–H and O–H groups in total. The molecule has 2 aromatic carbocycles. The molecule has 2 heterocycles. The van der Waals surface area contributed by atoms with E-state index in [0.29, 0.717) is 5.69 Å².